The Morgan fingerprint density at radius 3 is 2.45 bits per heavy atom. The number of methoxy groups -OCH3 is 1. The predicted octanol–water partition coefficient (Wildman–Crippen LogP) is 1.09. The Morgan fingerprint density at radius 2 is 1.91 bits per heavy atom. The molecule has 6 heteroatoms. The molecule has 0 bridgehead atoms. The zero-order chi connectivity index (χ0) is 16.3. The number of rotatable bonds is 5. The van der Waals surface area contributed by atoms with Gasteiger partial charge in [0.25, 0.3) is 0 Å². The van der Waals surface area contributed by atoms with E-state index in [-0.39, 0.29) is 30.1 Å². The number of amides is 2. The molecular weight excluding hydrogens is 284 g/mol. The van der Waals surface area contributed by atoms with Crippen LogP contribution in [0.4, 0.5) is 0 Å². The minimum atomic E-state index is -0.659. The van der Waals surface area contributed by atoms with Gasteiger partial charge in [0.15, 0.2) is 0 Å². The Balaban J connectivity index is 1.95. The molecule has 2 aliphatic rings. The first-order chi connectivity index (χ1) is 10.4. The summed E-state index contributed by atoms with van der Waals surface area (Å²) < 4.78 is 4.73. The maximum absolute atomic E-state index is 12.4. The summed E-state index contributed by atoms with van der Waals surface area (Å²) in [5, 5.41) is 2.75. The summed E-state index contributed by atoms with van der Waals surface area (Å²) in [5.41, 5.74) is 0. The van der Waals surface area contributed by atoms with Gasteiger partial charge in [-0.1, -0.05) is 26.7 Å². The van der Waals surface area contributed by atoms with Crippen LogP contribution >= 0.6 is 0 Å². The van der Waals surface area contributed by atoms with Crippen molar-refractivity contribution in [2.45, 2.75) is 58.0 Å². The Bertz CT molecular complexity index is 443. The Morgan fingerprint density at radius 1 is 1.27 bits per heavy atom. The molecule has 1 N–H and O–H groups in total. The summed E-state index contributed by atoms with van der Waals surface area (Å²) in [6.07, 6.45) is 4.63. The van der Waals surface area contributed by atoms with Crippen LogP contribution in [0, 0.1) is 11.8 Å². The molecular formula is C16H26N2O4. The molecule has 2 atom stereocenters. The lowest BCUT2D eigenvalue weighted by Gasteiger charge is -2.25. The number of carbonyl (C=O) groups excluding carboxylic acids is 3. The molecule has 6 nitrogen and oxygen atoms in total. The fourth-order valence-corrected chi connectivity index (χ4v) is 3.37. The van der Waals surface area contributed by atoms with E-state index in [2.05, 4.69) is 5.32 Å². The molecule has 0 spiro atoms. The molecule has 2 rings (SSSR count). The van der Waals surface area contributed by atoms with E-state index in [0.29, 0.717) is 12.6 Å². The maximum atomic E-state index is 12.4. The van der Waals surface area contributed by atoms with Gasteiger partial charge in [0.2, 0.25) is 11.8 Å². The summed E-state index contributed by atoms with van der Waals surface area (Å²) in [7, 11) is 1.31. The van der Waals surface area contributed by atoms with E-state index >= 15 is 0 Å². The van der Waals surface area contributed by atoms with Crippen LogP contribution in [0.5, 0.6) is 0 Å². The average molecular weight is 310 g/mol. The molecule has 1 saturated heterocycles. The Hall–Kier alpha value is -1.59. The molecule has 124 valence electrons. The monoisotopic (exact) mass is 310 g/mol. The quantitative estimate of drug-likeness (QED) is 0.771. The van der Waals surface area contributed by atoms with Crippen LogP contribution in [0.15, 0.2) is 0 Å². The van der Waals surface area contributed by atoms with Crippen molar-refractivity contribution in [2.75, 3.05) is 13.7 Å². The van der Waals surface area contributed by atoms with E-state index in [0.717, 1.165) is 25.7 Å². The number of likely N-dealkylation sites (tertiary alicyclic amines) is 1. The SMILES string of the molecule is COC(=O)C(NC(=O)C1CC(=O)N(C2CCCC2)C1)C(C)C. The van der Waals surface area contributed by atoms with Gasteiger partial charge in [-0.2, -0.15) is 0 Å². The van der Waals surface area contributed by atoms with Crippen LogP contribution in [0.2, 0.25) is 0 Å². The van der Waals surface area contributed by atoms with E-state index in [1.165, 1.54) is 7.11 Å². The molecule has 1 aliphatic carbocycles. The third kappa shape index (κ3) is 3.59. The third-order valence-electron chi connectivity index (χ3n) is 4.71. The normalized spacial score (nSPS) is 23.9. The summed E-state index contributed by atoms with van der Waals surface area (Å²) in [5.74, 6) is -1.03. The van der Waals surface area contributed by atoms with Crippen molar-refractivity contribution in [3.05, 3.63) is 0 Å². The smallest absolute Gasteiger partial charge is 0.328 e. The van der Waals surface area contributed by atoms with Gasteiger partial charge in [-0.3, -0.25) is 9.59 Å². The minimum Gasteiger partial charge on any atom is -0.467 e. The first-order valence-corrected chi connectivity index (χ1v) is 8.11. The van der Waals surface area contributed by atoms with E-state index in [1.54, 1.807) is 0 Å². The zero-order valence-corrected chi connectivity index (χ0v) is 13.6. The first kappa shape index (κ1) is 16.8. The second-order valence-corrected chi connectivity index (χ2v) is 6.64. The van der Waals surface area contributed by atoms with Crippen molar-refractivity contribution in [3.8, 4) is 0 Å². The molecule has 2 fully saturated rings. The Labute approximate surface area is 131 Å². The van der Waals surface area contributed by atoms with Crippen LogP contribution in [-0.2, 0) is 19.1 Å². The lowest BCUT2D eigenvalue weighted by atomic mass is 10.0. The van der Waals surface area contributed by atoms with Crippen molar-refractivity contribution in [1.29, 1.82) is 0 Å². The largest absolute Gasteiger partial charge is 0.467 e. The van der Waals surface area contributed by atoms with Crippen molar-refractivity contribution in [1.82, 2.24) is 10.2 Å². The molecule has 22 heavy (non-hydrogen) atoms. The number of esters is 1. The third-order valence-corrected chi connectivity index (χ3v) is 4.71. The molecule has 0 radical (unpaired) electrons. The molecule has 2 amide bonds. The highest BCUT2D eigenvalue weighted by Gasteiger charge is 2.39. The van der Waals surface area contributed by atoms with Gasteiger partial charge in [0.05, 0.1) is 13.0 Å². The molecule has 0 aromatic heterocycles. The van der Waals surface area contributed by atoms with Gasteiger partial charge in [0.1, 0.15) is 6.04 Å². The molecule has 0 aromatic rings. The fourth-order valence-electron chi connectivity index (χ4n) is 3.37. The second-order valence-electron chi connectivity index (χ2n) is 6.64. The summed E-state index contributed by atoms with van der Waals surface area (Å²) in [6, 6.07) is -0.361. The molecule has 2 unspecified atom stereocenters. The lowest BCUT2D eigenvalue weighted by molar-refractivity contribution is -0.146. The minimum absolute atomic E-state index is 0.0561. The van der Waals surface area contributed by atoms with Gasteiger partial charge >= 0.3 is 5.97 Å². The van der Waals surface area contributed by atoms with Crippen LogP contribution in [0.1, 0.15) is 46.0 Å². The van der Waals surface area contributed by atoms with Crippen LogP contribution in [0.25, 0.3) is 0 Å². The summed E-state index contributed by atoms with van der Waals surface area (Å²) in [6.45, 7) is 4.18. The maximum Gasteiger partial charge on any atom is 0.328 e. The zero-order valence-electron chi connectivity index (χ0n) is 13.6. The highest BCUT2D eigenvalue weighted by atomic mass is 16.5. The first-order valence-electron chi connectivity index (χ1n) is 8.11. The number of ether oxygens (including phenoxy) is 1. The standard InChI is InChI=1S/C16H26N2O4/c1-10(2)14(16(21)22-3)17-15(20)11-8-13(19)18(9-11)12-6-4-5-7-12/h10-12,14H,4-9H2,1-3H3,(H,17,20). The number of nitrogens with zero attached hydrogens (tertiary/aromatic N) is 1. The number of hydrogen-bond acceptors (Lipinski definition) is 4. The average Bonchev–Trinajstić information content (AvgIpc) is 3.12. The summed E-state index contributed by atoms with van der Waals surface area (Å²) >= 11 is 0. The van der Waals surface area contributed by atoms with E-state index in [4.69, 9.17) is 4.74 Å². The molecule has 1 aliphatic heterocycles. The fraction of sp³-hybridized carbons (Fsp3) is 0.812. The summed E-state index contributed by atoms with van der Waals surface area (Å²) in [4.78, 5) is 38.1. The van der Waals surface area contributed by atoms with Gasteiger partial charge in [-0.25, -0.2) is 4.79 Å². The van der Waals surface area contributed by atoms with Gasteiger partial charge in [-0.05, 0) is 18.8 Å². The molecule has 1 heterocycles. The Kier molecular flexibility index (Phi) is 5.42. The highest BCUT2D eigenvalue weighted by molar-refractivity contribution is 5.91. The number of hydrogen-bond donors (Lipinski definition) is 1. The topological polar surface area (TPSA) is 75.7 Å². The van der Waals surface area contributed by atoms with E-state index in [9.17, 15) is 14.4 Å². The van der Waals surface area contributed by atoms with Crippen LogP contribution in [-0.4, -0.2) is 48.4 Å². The number of nitrogens with one attached hydrogen (secondary N) is 1. The molecule has 1 saturated carbocycles. The van der Waals surface area contributed by atoms with Gasteiger partial charge in [0, 0.05) is 19.0 Å². The number of carbonyl (C=O) groups is 3. The highest BCUT2D eigenvalue weighted by Crippen LogP contribution is 2.29. The predicted molar refractivity (Wildman–Crippen MR) is 80.9 cm³/mol. The van der Waals surface area contributed by atoms with Crippen LogP contribution in [0.3, 0.4) is 0 Å². The van der Waals surface area contributed by atoms with Crippen molar-refractivity contribution in [3.63, 3.8) is 0 Å². The second kappa shape index (κ2) is 7.11. The van der Waals surface area contributed by atoms with Crippen molar-refractivity contribution in [2.24, 2.45) is 11.8 Å². The van der Waals surface area contributed by atoms with E-state index in [1.807, 2.05) is 18.7 Å². The van der Waals surface area contributed by atoms with E-state index < -0.39 is 12.0 Å². The lowest BCUT2D eigenvalue weighted by Crippen LogP contribution is -2.47. The van der Waals surface area contributed by atoms with Crippen molar-refractivity contribution >= 4 is 17.8 Å². The van der Waals surface area contributed by atoms with Crippen LogP contribution < -0.4 is 5.32 Å². The van der Waals surface area contributed by atoms with Crippen molar-refractivity contribution < 1.29 is 19.1 Å². The molecule has 0 aromatic carbocycles. The van der Waals surface area contributed by atoms with Gasteiger partial charge < -0.3 is 15.0 Å². The van der Waals surface area contributed by atoms with Gasteiger partial charge in [-0.15, -0.1) is 0 Å².